The van der Waals surface area contributed by atoms with Gasteiger partial charge in [-0.1, -0.05) is 0 Å². The Hall–Kier alpha value is -1.10. The topological polar surface area (TPSA) is 98.5 Å². The summed E-state index contributed by atoms with van der Waals surface area (Å²) in [4.78, 5) is 10.7. The molecule has 0 aliphatic rings. The van der Waals surface area contributed by atoms with Crippen molar-refractivity contribution in [2.24, 2.45) is 5.14 Å². The van der Waals surface area contributed by atoms with Gasteiger partial charge in [0.25, 0.3) is 5.91 Å². The monoisotopic (exact) mass is 372 g/mol. The lowest BCUT2D eigenvalue weighted by atomic mass is 10.2. The molecule has 1 aromatic rings. The van der Waals surface area contributed by atoms with Crippen molar-refractivity contribution in [3.05, 3.63) is 27.7 Å². The van der Waals surface area contributed by atoms with E-state index in [9.17, 15) is 22.0 Å². The average Bonchev–Trinajstić information content (AvgIpc) is 2.26. The van der Waals surface area contributed by atoms with Crippen LogP contribution in [0.25, 0.3) is 0 Å². The van der Waals surface area contributed by atoms with Crippen molar-refractivity contribution in [3.8, 4) is 0 Å². The summed E-state index contributed by atoms with van der Waals surface area (Å²) in [5.74, 6) is -3.86. The van der Waals surface area contributed by atoms with E-state index < -0.39 is 42.5 Å². The minimum atomic E-state index is -4.46. The van der Waals surface area contributed by atoms with Crippen LogP contribution in [-0.2, 0) is 14.8 Å². The summed E-state index contributed by atoms with van der Waals surface area (Å²) in [5, 5.41) is 7.01. The van der Waals surface area contributed by atoms with Crippen LogP contribution in [0.15, 0.2) is 15.4 Å². The van der Waals surface area contributed by atoms with Crippen LogP contribution in [-0.4, -0.2) is 34.6 Å². The molecule has 0 unspecified atom stereocenters. The molecule has 1 rings (SSSR count). The number of methoxy groups -OCH3 is 1. The first kappa shape index (κ1) is 17.0. The number of sulfonamides is 1. The summed E-state index contributed by atoms with van der Waals surface area (Å²) in [6.45, 7) is 0.141. The van der Waals surface area contributed by atoms with Gasteiger partial charge in [0.15, 0.2) is 5.82 Å². The zero-order valence-corrected chi connectivity index (χ0v) is 12.6. The highest BCUT2D eigenvalue weighted by Crippen LogP contribution is 2.28. The Bertz CT molecular complexity index is 637. The molecule has 1 aromatic carbocycles. The lowest BCUT2D eigenvalue weighted by Crippen LogP contribution is -2.29. The Morgan fingerprint density at radius 2 is 2.10 bits per heavy atom. The predicted molar refractivity (Wildman–Crippen MR) is 69.6 cm³/mol. The van der Waals surface area contributed by atoms with Crippen molar-refractivity contribution < 1.29 is 26.7 Å². The Morgan fingerprint density at radius 1 is 1.50 bits per heavy atom. The van der Waals surface area contributed by atoms with Gasteiger partial charge in [-0.25, -0.2) is 22.3 Å². The number of nitrogens with two attached hydrogens (primary N) is 1. The second-order valence-corrected chi connectivity index (χ2v) is 6.00. The summed E-state index contributed by atoms with van der Waals surface area (Å²) >= 11 is 2.69. The van der Waals surface area contributed by atoms with Crippen molar-refractivity contribution in [2.75, 3.05) is 20.3 Å². The number of ether oxygens (including phenoxy) is 1. The van der Waals surface area contributed by atoms with E-state index in [-0.39, 0.29) is 13.2 Å². The number of primary sulfonamides is 1. The van der Waals surface area contributed by atoms with Crippen LogP contribution in [0, 0.1) is 11.6 Å². The highest BCUT2D eigenvalue weighted by atomic mass is 79.9. The smallest absolute Gasteiger partial charge is 0.257 e. The number of hydrogen-bond donors (Lipinski definition) is 2. The molecule has 0 radical (unpaired) electrons. The van der Waals surface area contributed by atoms with Crippen LogP contribution in [0.5, 0.6) is 0 Å². The van der Waals surface area contributed by atoms with Crippen LogP contribution in [0.3, 0.4) is 0 Å². The second kappa shape index (κ2) is 6.57. The maximum atomic E-state index is 14.0. The Balaban J connectivity index is 3.31. The molecule has 0 aliphatic carbocycles. The fourth-order valence-electron chi connectivity index (χ4n) is 1.40. The largest absolute Gasteiger partial charge is 0.383 e. The molecule has 20 heavy (non-hydrogen) atoms. The van der Waals surface area contributed by atoms with E-state index in [4.69, 9.17) is 5.14 Å². The standard InChI is InChI=1S/C10H11BrF2N2O4S/c1-19-3-2-15-10(16)7-6(12)4-5(11)9(8(7)13)20(14,17)18/h4H,2-3H2,1H3,(H,15,16)(H2,14,17,18). The zero-order chi connectivity index (χ0) is 15.5. The van der Waals surface area contributed by atoms with Crippen LogP contribution < -0.4 is 10.5 Å². The van der Waals surface area contributed by atoms with Gasteiger partial charge in [-0.2, -0.15) is 0 Å². The number of nitrogens with one attached hydrogen (secondary N) is 1. The van der Waals surface area contributed by atoms with Crippen LogP contribution in [0.2, 0.25) is 0 Å². The molecule has 0 saturated carbocycles. The molecule has 0 bridgehead atoms. The van der Waals surface area contributed by atoms with Gasteiger partial charge in [-0.05, 0) is 22.0 Å². The lowest BCUT2D eigenvalue weighted by molar-refractivity contribution is 0.0928. The quantitative estimate of drug-likeness (QED) is 0.745. The van der Waals surface area contributed by atoms with Gasteiger partial charge in [-0.3, -0.25) is 4.79 Å². The molecule has 0 aliphatic heterocycles. The number of benzene rings is 1. The van der Waals surface area contributed by atoms with Gasteiger partial charge >= 0.3 is 0 Å². The van der Waals surface area contributed by atoms with E-state index >= 15 is 0 Å². The summed E-state index contributed by atoms with van der Waals surface area (Å²) in [7, 11) is -3.07. The molecule has 0 spiro atoms. The molecule has 10 heteroatoms. The van der Waals surface area contributed by atoms with Crippen LogP contribution >= 0.6 is 15.9 Å². The fraction of sp³-hybridized carbons (Fsp3) is 0.300. The molecular weight excluding hydrogens is 362 g/mol. The summed E-state index contributed by atoms with van der Waals surface area (Å²) in [5.41, 5.74) is -1.02. The minimum Gasteiger partial charge on any atom is -0.383 e. The fourth-order valence-corrected chi connectivity index (χ4v) is 3.13. The van der Waals surface area contributed by atoms with E-state index in [1.54, 1.807) is 0 Å². The van der Waals surface area contributed by atoms with Crippen molar-refractivity contribution in [2.45, 2.75) is 4.90 Å². The molecular formula is C10H11BrF2N2O4S. The minimum absolute atomic E-state index is 0.00891. The van der Waals surface area contributed by atoms with Crippen molar-refractivity contribution in [3.63, 3.8) is 0 Å². The number of hydrogen-bond acceptors (Lipinski definition) is 4. The van der Waals surface area contributed by atoms with E-state index in [0.717, 1.165) is 0 Å². The lowest BCUT2D eigenvalue weighted by Gasteiger charge is -2.10. The third kappa shape index (κ3) is 3.72. The summed E-state index contributed by atoms with van der Waals surface area (Å²) in [6.07, 6.45) is 0. The van der Waals surface area contributed by atoms with E-state index in [2.05, 4.69) is 26.0 Å². The van der Waals surface area contributed by atoms with Crippen molar-refractivity contribution in [1.29, 1.82) is 0 Å². The van der Waals surface area contributed by atoms with Gasteiger partial charge in [-0.15, -0.1) is 0 Å². The maximum absolute atomic E-state index is 14.0. The predicted octanol–water partition coefficient (Wildman–Crippen LogP) is 0.751. The number of halogens is 3. The zero-order valence-electron chi connectivity index (χ0n) is 10.2. The number of amides is 1. The normalized spacial score (nSPS) is 11.4. The molecule has 112 valence electrons. The first-order valence-electron chi connectivity index (χ1n) is 5.17. The van der Waals surface area contributed by atoms with Crippen molar-refractivity contribution >= 4 is 31.9 Å². The third-order valence-corrected chi connectivity index (χ3v) is 4.09. The third-order valence-electron chi connectivity index (χ3n) is 2.23. The van der Waals surface area contributed by atoms with Crippen LogP contribution in [0.1, 0.15) is 10.4 Å². The molecule has 0 atom stereocenters. The first-order chi connectivity index (χ1) is 9.20. The van der Waals surface area contributed by atoms with E-state index in [0.29, 0.717) is 6.07 Å². The highest BCUT2D eigenvalue weighted by Gasteiger charge is 2.28. The van der Waals surface area contributed by atoms with E-state index in [1.165, 1.54) is 7.11 Å². The van der Waals surface area contributed by atoms with Crippen molar-refractivity contribution in [1.82, 2.24) is 5.32 Å². The molecule has 6 nitrogen and oxygen atoms in total. The van der Waals surface area contributed by atoms with E-state index in [1.807, 2.05) is 0 Å². The number of carbonyl (C=O) groups excluding carboxylic acids is 1. The molecule has 0 heterocycles. The first-order valence-corrected chi connectivity index (χ1v) is 7.51. The van der Waals surface area contributed by atoms with Gasteiger partial charge in [0.2, 0.25) is 10.0 Å². The molecule has 0 saturated heterocycles. The van der Waals surface area contributed by atoms with Gasteiger partial charge < -0.3 is 10.1 Å². The molecule has 0 aromatic heterocycles. The molecule has 3 N–H and O–H groups in total. The second-order valence-electron chi connectivity index (χ2n) is 3.65. The number of carbonyl (C=O) groups is 1. The van der Waals surface area contributed by atoms with Gasteiger partial charge in [0.05, 0.1) is 6.61 Å². The number of rotatable bonds is 5. The molecule has 0 fully saturated rings. The highest BCUT2D eigenvalue weighted by molar-refractivity contribution is 9.10. The maximum Gasteiger partial charge on any atom is 0.257 e. The van der Waals surface area contributed by atoms with Gasteiger partial charge in [0.1, 0.15) is 16.3 Å². The molecule has 1 amide bonds. The SMILES string of the molecule is COCCNC(=O)c1c(F)cc(Br)c(S(N)(=O)=O)c1F. The Morgan fingerprint density at radius 3 is 2.60 bits per heavy atom. The van der Waals surface area contributed by atoms with Gasteiger partial charge in [0, 0.05) is 18.1 Å². The Labute approximate surface area is 122 Å². The Kier molecular flexibility index (Phi) is 5.57. The summed E-state index contributed by atoms with van der Waals surface area (Å²) < 4.78 is 54.4. The average molecular weight is 373 g/mol. The summed E-state index contributed by atoms with van der Waals surface area (Å²) in [6, 6.07) is 0.661. The van der Waals surface area contributed by atoms with Crippen LogP contribution in [0.4, 0.5) is 8.78 Å².